The smallest absolute Gasteiger partial charge is 0.375 e. The summed E-state index contributed by atoms with van der Waals surface area (Å²) in [5.41, 5.74) is 0.202. The SMILES string of the molecule is C[C@@H](OC(=O)c1ccc(-c2ccccc2F)o1)C(=O)N(C)[C@H]1CCS(=O)(=O)C1. The Kier molecular flexibility index (Phi) is 5.55. The molecule has 2 aromatic rings. The van der Waals surface area contributed by atoms with Crippen LogP contribution < -0.4 is 0 Å². The summed E-state index contributed by atoms with van der Waals surface area (Å²) in [6.45, 7) is 1.40. The number of furan rings is 1. The van der Waals surface area contributed by atoms with E-state index in [1.807, 2.05) is 0 Å². The molecule has 0 N–H and O–H groups in total. The van der Waals surface area contributed by atoms with Gasteiger partial charge in [-0.15, -0.1) is 0 Å². The van der Waals surface area contributed by atoms with Crippen LogP contribution in [0.4, 0.5) is 4.39 Å². The molecule has 1 fully saturated rings. The van der Waals surface area contributed by atoms with Crippen molar-refractivity contribution in [2.45, 2.75) is 25.5 Å². The van der Waals surface area contributed by atoms with E-state index in [1.165, 1.54) is 49.2 Å². The third-order valence-corrected chi connectivity index (χ3v) is 6.43. The van der Waals surface area contributed by atoms with E-state index in [1.54, 1.807) is 6.07 Å². The van der Waals surface area contributed by atoms with Gasteiger partial charge in [-0.25, -0.2) is 17.6 Å². The van der Waals surface area contributed by atoms with Gasteiger partial charge in [0.1, 0.15) is 11.6 Å². The van der Waals surface area contributed by atoms with Crippen LogP contribution in [0.15, 0.2) is 40.8 Å². The van der Waals surface area contributed by atoms with Gasteiger partial charge in [-0.3, -0.25) is 4.79 Å². The Labute approximate surface area is 162 Å². The minimum absolute atomic E-state index is 0.0364. The summed E-state index contributed by atoms with van der Waals surface area (Å²) in [6, 6.07) is 8.31. The number of hydrogen-bond acceptors (Lipinski definition) is 6. The number of carbonyl (C=O) groups is 2. The number of sulfone groups is 1. The fourth-order valence-electron chi connectivity index (χ4n) is 3.07. The third kappa shape index (κ3) is 4.24. The summed E-state index contributed by atoms with van der Waals surface area (Å²) in [5.74, 6) is -1.92. The Morgan fingerprint density at radius 3 is 2.61 bits per heavy atom. The van der Waals surface area contributed by atoms with Crippen molar-refractivity contribution in [3.8, 4) is 11.3 Å². The lowest BCUT2D eigenvalue weighted by atomic mass is 10.1. The number of esters is 1. The number of likely N-dealkylation sites (N-methyl/N-ethyl adjacent to an activating group) is 1. The molecule has 1 aromatic carbocycles. The molecule has 0 bridgehead atoms. The van der Waals surface area contributed by atoms with Crippen molar-refractivity contribution in [3.05, 3.63) is 48.0 Å². The maximum Gasteiger partial charge on any atom is 0.375 e. The molecule has 1 amide bonds. The van der Waals surface area contributed by atoms with E-state index in [0.717, 1.165) is 0 Å². The first-order chi connectivity index (χ1) is 13.2. The normalized spacial score (nSPS) is 19.2. The first-order valence-corrected chi connectivity index (χ1v) is 10.5. The summed E-state index contributed by atoms with van der Waals surface area (Å²) in [6.07, 6.45) is -0.766. The van der Waals surface area contributed by atoms with Gasteiger partial charge in [0, 0.05) is 13.1 Å². The van der Waals surface area contributed by atoms with Gasteiger partial charge in [0.2, 0.25) is 5.76 Å². The van der Waals surface area contributed by atoms with Crippen molar-refractivity contribution in [2.75, 3.05) is 18.6 Å². The second-order valence-corrected chi connectivity index (χ2v) is 8.93. The van der Waals surface area contributed by atoms with Crippen LogP contribution in [0.5, 0.6) is 0 Å². The van der Waals surface area contributed by atoms with Crippen LogP contribution in [0.2, 0.25) is 0 Å². The van der Waals surface area contributed by atoms with Crippen molar-refractivity contribution >= 4 is 21.7 Å². The summed E-state index contributed by atoms with van der Waals surface area (Å²) in [5, 5.41) is 0. The highest BCUT2D eigenvalue weighted by molar-refractivity contribution is 7.91. The van der Waals surface area contributed by atoms with Gasteiger partial charge in [-0.1, -0.05) is 12.1 Å². The quantitative estimate of drug-likeness (QED) is 0.704. The first kappa shape index (κ1) is 20.1. The molecule has 1 saturated heterocycles. The molecule has 0 spiro atoms. The van der Waals surface area contributed by atoms with Crippen LogP contribution in [-0.4, -0.2) is 55.9 Å². The van der Waals surface area contributed by atoms with Gasteiger partial charge >= 0.3 is 5.97 Å². The van der Waals surface area contributed by atoms with E-state index < -0.39 is 39.7 Å². The van der Waals surface area contributed by atoms with Crippen molar-refractivity contribution in [2.24, 2.45) is 0 Å². The maximum atomic E-state index is 13.8. The monoisotopic (exact) mass is 409 g/mol. The molecule has 0 saturated carbocycles. The van der Waals surface area contributed by atoms with Crippen molar-refractivity contribution in [1.29, 1.82) is 0 Å². The zero-order valence-electron chi connectivity index (χ0n) is 15.4. The molecule has 1 aliphatic rings. The number of rotatable bonds is 5. The molecule has 1 aromatic heterocycles. The Morgan fingerprint density at radius 2 is 1.96 bits per heavy atom. The molecule has 9 heteroatoms. The molecule has 2 heterocycles. The average Bonchev–Trinajstić information content (AvgIpc) is 3.27. The average molecular weight is 409 g/mol. The molecule has 7 nitrogen and oxygen atoms in total. The van der Waals surface area contributed by atoms with Gasteiger partial charge in [0.15, 0.2) is 15.9 Å². The molecular formula is C19H20FNO6S. The highest BCUT2D eigenvalue weighted by Gasteiger charge is 2.35. The highest BCUT2D eigenvalue weighted by Crippen LogP contribution is 2.25. The van der Waals surface area contributed by atoms with E-state index in [4.69, 9.17) is 9.15 Å². The lowest BCUT2D eigenvalue weighted by molar-refractivity contribution is -0.140. The predicted molar refractivity (Wildman–Crippen MR) is 98.8 cm³/mol. The molecule has 2 atom stereocenters. The molecule has 0 aliphatic carbocycles. The van der Waals surface area contributed by atoms with Crippen LogP contribution in [-0.2, 0) is 19.4 Å². The zero-order chi connectivity index (χ0) is 20.5. The lowest BCUT2D eigenvalue weighted by Gasteiger charge is -2.26. The van der Waals surface area contributed by atoms with Gasteiger partial charge in [-0.2, -0.15) is 0 Å². The molecule has 150 valence electrons. The highest BCUT2D eigenvalue weighted by atomic mass is 32.2. The first-order valence-electron chi connectivity index (χ1n) is 8.71. The number of halogens is 1. The van der Waals surface area contributed by atoms with Crippen LogP contribution >= 0.6 is 0 Å². The number of benzene rings is 1. The fraction of sp³-hybridized carbons (Fsp3) is 0.368. The summed E-state index contributed by atoms with van der Waals surface area (Å²) >= 11 is 0. The number of hydrogen-bond donors (Lipinski definition) is 0. The van der Waals surface area contributed by atoms with Gasteiger partial charge in [0.05, 0.1) is 17.1 Å². The summed E-state index contributed by atoms with van der Waals surface area (Å²) in [4.78, 5) is 26.0. The molecule has 0 radical (unpaired) electrons. The second-order valence-electron chi connectivity index (χ2n) is 6.70. The minimum atomic E-state index is -3.14. The van der Waals surface area contributed by atoms with Crippen LogP contribution in [0, 0.1) is 5.82 Å². The number of carbonyl (C=O) groups excluding carboxylic acids is 2. The van der Waals surface area contributed by atoms with Crippen LogP contribution in [0.3, 0.4) is 0 Å². The van der Waals surface area contributed by atoms with Crippen LogP contribution in [0.25, 0.3) is 11.3 Å². The zero-order valence-corrected chi connectivity index (χ0v) is 16.2. The largest absolute Gasteiger partial charge is 0.449 e. The van der Waals surface area contributed by atoms with Gasteiger partial charge < -0.3 is 14.1 Å². The van der Waals surface area contributed by atoms with E-state index >= 15 is 0 Å². The fourth-order valence-corrected chi connectivity index (χ4v) is 4.84. The summed E-state index contributed by atoms with van der Waals surface area (Å²) in [7, 11) is -1.65. The van der Waals surface area contributed by atoms with Gasteiger partial charge in [0.25, 0.3) is 5.91 Å². The third-order valence-electron chi connectivity index (χ3n) is 4.68. The molecule has 3 rings (SSSR count). The second kappa shape index (κ2) is 7.75. The van der Waals surface area contributed by atoms with Crippen molar-refractivity contribution in [1.82, 2.24) is 4.90 Å². The Morgan fingerprint density at radius 1 is 1.25 bits per heavy atom. The lowest BCUT2D eigenvalue weighted by Crippen LogP contribution is -2.44. The van der Waals surface area contributed by atoms with Crippen molar-refractivity contribution in [3.63, 3.8) is 0 Å². The van der Waals surface area contributed by atoms with E-state index in [2.05, 4.69) is 0 Å². The number of amides is 1. The van der Waals surface area contributed by atoms with E-state index in [0.29, 0.717) is 6.42 Å². The Hall–Kier alpha value is -2.68. The predicted octanol–water partition coefficient (Wildman–Crippen LogP) is 2.28. The van der Waals surface area contributed by atoms with Crippen LogP contribution in [0.1, 0.15) is 23.9 Å². The van der Waals surface area contributed by atoms with E-state index in [-0.39, 0.29) is 28.6 Å². The molecule has 28 heavy (non-hydrogen) atoms. The minimum Gasteiger partial charge on any atom is -0.449 e. The number of ether oxygens (including phenoxy) is 1. The topological polar surface area (TPSA) is 93.9 Å². The standard InChI is InChI=1S/C19H20FNO6S/c1-12(18(22)21(2)13-9-10-28(24,25)11-13)26-19(23)17-8-7-16(27-17)14-5-3-4-6-15(14)20/h3-8,12-13H,9-11H2,1-2H3/t12-,13+/m1/s1. The summed E-state index contributed by atoms with van der Waals surface area (Å²) < 4.78 is 47.5. The number of nitrogens with zero attached hydrogens (tertiary/aromatic N) is 1. The maximum absolute atomic E-state index is 13.8. The van der Waals surface area contributed by atoms with Gasteiger partial charge in [-0.05, 0) is 37.6 Å². The Bertz CT molecular complexity index is 999. The van der Waals surface area contributed by atoms with Crippen molar-refractivity contribution < 1.29 is 31.6 Å². The molecule has 0 unspecified atom stereocenters. The molecular weight excluding hydrogens is 389 g/mol. The van der Waals surface area contributed by atoms with E-state index in [9.17, 15) is 22.4 Å². The molecule has 1 aliphatic heterocycles. The Balaban J connectivity index is 1.64.